The summed E-state index contributed by atoms with van der Waals surface area (Å²) in [6, 6.07) is 11.8. The van der Waals surface area contributed by atoms with Gasteiger partial charge in [-0.1, -0.05) is 6.07 Å². The Hall–Kier alpha value is -1.81. The van der Waals surface area contributed by atoms with Crippen LogP contribution in [0.4, 0.5) is 5.69 Å². The van der Waals surface area contributed by atoms with Crippen LogP contribution in [0.15, 0.2) is 53.7 Å². The highest BCUT2D eigenvalue weighted by Gasteiger charge is 1.98. The molecule has 2 aromatic rings. The zero-order valence-electron chi connectivity index (χ0n) is 10.1. The molecule has 0 fully saturated rings. The van der Waals surface area contributed by atoms with Crippen LogP contribution in [0.2, 0.25) is 0 Å². The fourth-order valence-electron chi connectivity index (χ4n) is 1.49. The molecule has 1 heterocycles. The number of carbonyl (C=O) groups is 1. The van der Waals surface area contributed by atoms with Gasteiger partial charge in [-0.05, 0) is 35.9 Å². The summed E-state index contributed by atoms with van der Waals surface area (Å²) in [6.45, 7) is 1.51. The molecule has 1 N–H and O–H groups in total. The third-order valence-electron chi connectivity index (χ3n) is 2.30. The molecule has 0 aliphatic carbocycles. The van der Waals surface area contributed by atoms with Crippen molar-refractivity contribution in [2.24, 2.45) is 0 Å². The van der Waals surface area contributed by atoms with Gasteiger partial charge in [-0.3, -0.25) is 9.78 Å². The van der Waals surface area contributed by atoms with Crippen molar-refractivity contribution in [1.82, 2.24) is 4.98 Å². The van der Waals surface area contributed by atoms with Crippen LogP contribution in [-0.2, 0) is 10.5 Å². The van der Waals surface area contributed by atoms with E-state index in [2.05, 4.69) is 16.4 Å². The summed E-state index contributed by atoms with van der Waals surface area (Å²) in [5.41, 5.74) is 2.03. The lowest BCUT2D eigenvalue weighted by molar-refractivity contribution is -0.114. The Labute approximate surface area is 111 Å². The maximum atomic E-state index is 10.9. The van der Waals surface area contributed by atoms with Crippen molar-refractivity contribution in [2.45, 2.75) is 17.6 Å². The molecule has 0 atom stereocenters. The number of thioether (sulfide) groups is 1. The number of anilines is 1. The zero-order valence-corrected chi connectivity index (χ0v) is 10.9. The molecule has 92 valence electrons. The van der Waals surface area contributed by atoms with Crippen molar-refractivity contribution in [3.63, 3.8) is 0 Å². The molecule has 1 amide bonds. The Bertz CT molecular complexity index is 511. The number of benzene rings is 1. The highest BCUT2D eigenvalue weighted by Crippen LogP contribution is 2.23. The summed E-state index contributed by atoms with van der Waals surface area (Å²) in [5.74, 6) is 0.846. The van der Waals surface area contributed by atoms with Gasteiger partial charge in [0, 0.05) is 35.7 Å². The normalized spacial score (nSPS) is 10.1. The molecular weight excluding hydrogens is 244 g/mol. The summed E-state index contributed by atoms with van der Waals surface area (Å²) < 4.78 is 0. The van der Waals surface area contributed by atoms with E-state index in [1.807, 2.05) is 36.5 Å². The molecule has 0 aliphatic heterocycles. The molecule has 0 unspecified atom stereocenters. The van der Waals surface area contributed by atoms with Gasteiger partial charge in [0.1, 0.15) is 0 Å². The molecule has 0 radical (unpaired) electrons. The standard InChI is InChI=1S/C14H14N2OS/c1-11(17)16-13-4-6-14(7-5-13)18-10-12-3-2-8-15-9-12/h2-9H,10H2,1H3,(H,16,17). The van der Waals surface area contributed by atoms with Gasteiger partial charge in [-0.2, -0.15) is 0 Å². The lowest BCUT2D eigenvalue weighted by Crippen LogP contribution is -2.05. The smallest absolute Gasteiger partial charge is 0.221 e. The topological polar surface area (TPSA) is 42.0 Å². The van der Waals surface area contributed by atoms with Gasteiger partial charge in [0.2, 0.25) is 5.91 Å². The van der Waals surface area contributed by atoms with E-state index in [9.17, 15) is 4.79 Å². The van der Waals surface area contributed by atoms with E-state index in [4.69, 9.17) is 0 Å². The second kappa shape index (κ2) is 6.21. The number of hydrogen-bond acceptors (Lipinski definition) is 3. The molecule has 0 saturated heterocycles. The summed E-state index contributed by atoms with van der Waals surface area (Å²) in [6.07, 6.45) is 3.65. The first-order chi connectivity index (χ1) is 8.74. The van der Waals surface area contributed by atoms with E-state index in [1.165, 1.54) is 17.4 Å². The third-order valence-corrected chi connectivity index (χ3v) is 3.39. The molecular formula is C14H14N2OS. The predicted octanol–water partition coefficient (Wildman–Crippen LogP) is 3.33. The van der Waals surface area contributed by atoms with Crippen molar-refractivity contribution in [2.75, 3.05) is 5.32 Å². The largest absolute Gasteiger partial charge is 0.326 e. The fourth-order valence-corrected chi connectivity index (χ4v) is 2.32. The SMILES string of the molecule is CC(=O)Nc1ccc(SCc2cccnc2)cc1. The maximum Gasteiger partial charge on any atom is 0.221 e. The van der Waals surface area contributed by atoms with Gasteiger partial charge in [0.15, 0.2) is 0 Å². The van der Waals surface area contributed by atoms with E-state index in [0.717, 1.165) is 11.4 Å². The van der Waals surface area contributed by atoms with Crippen LogP contribution >= 0.6 is 11.8 Å². The lowest BCUT2D eigenvalue weighted by Gasteiger charge is -2.04. The van der Waals surface area contributed by atoms with Gasteiger partial charge >= 0.3 is 0 Å². The number of nitrogens with zero attached hydrogens (tertiary/aromatic N) is 1. The van der Waals surface area contributed by atoms with Crippen molar-refractivity contribution in [3.05, 3.63) is 54.4 Å². The monoisotopic (exact) mass is 258 g/mol. The maximum absolute atomic E-state index is 10.9. The Kier molecular flexibility index (Phi) is 4.36. The van der Waals surface area contributed by atoms with Gasteiger partial charge in [-0.25, -0.2) is 0 Å². The van der Waals surface area contributed by atoms with Gasteiger partial charge < -0.3 is 5.32 Å². The van der Waals surface area contributed by atoms with Crippen molar-refractivity contribution < 1.29 is 4.79 Å². The molecule has 1 aromatic carbocycles. The quantitative estimate of drug-likeness (QED) is 0.855. The average molecular weight is 258 g/mol. The van der Waals surface area contributed by atoms with Crippen molar-refractivity contribution in [3.8, 4) is 0 Å². The molecule has 0 saturated carbocycles. The average Bonchev–Trinajstić information content (AvgIpc) is 2.38. The van der Waals surface area contributed by atoms with Crippen LogP contribution in [0.3, 0.4) is 0 Å². The molecule has 0 bridgehead atoms. The highest BCUT2D eigenvalue weighted by molar-refractivity contribution is 7.98. The third kappa shape index (κ3) is 3.89. The molecule has 4 heteroatoms. The van der Waals surface area contributed by atoms with Crippen molar-refractivity contribution >= 4 is 23.4 Å². The van der Waals surface area contributed by atoms with E-state index in [-0.39, 0.29) is 5.91 Å². The van der Waals surface area contributed by atoms with Crippen LogP contribution in [0, 0.1) is 0 Å². The number of aromatic nitrogens is 1. The Morgan fingerprint density at radius 1 is 1.28 bits per heavy atom. The summed E-state index contributed by atoms with van der Waals surface area (Å²) in [5, 5.41) is 2.75. The van der Waals surface area contributed by atoms with Crippen LogP contribution in [0.5, 0.6) is 0 Å². The lowest BCUT2D eigenvalue weighted by atomic mass is 10.3. The number of hydrogen-bond donors (Lipinski definition) is 1. The van der Waals surface area contributed by atoms with Crippen LogP contribution < -0.4 is 5.32 Å². The minimum Gasteiger partial charge on any atom is -0.326 e. The van der Waals surface area contributed by atoms with E-state index < -0.39 is 0 Å². The van der Waals surface area contributed by atoms with Gasteiger partial charge in [-0.15, -0.1) is 11.8 Å². The first kappa shape index (κ1) is 12.6. The Morgan fingerprint density at radius 3 is 2.67 bits per heavy atom. The highest BCUT2D eigenvalue weighted by atomic mass is 32.2. The van der Waals surface area contributed by atoms with Crippen molar-refractivity contribution in [1.29, 1.82) is 0 Å². The Balaban J connectivity index is 1.92. The number of rotatable bonds is 4. The predicted molar refractivity (Wildman–Crippen MR) is 74.5 cm³/mol. The Morgan fingerprint density at radius 2 is 2.06 bits per heavy atom. The summed E-state index contributed by atoms with van der Waals surface area (Å²) >= 11 is 1.75. The van der Waals surface area contributed by atoms with Crippen LogP contribution in [0.1, 0.15) is 12.5 Å². The number of carbonyl (C=O) groups excluding carboxylic acids is 1. The first-order valence-corrected chi connectivity index (χ1v) is 6.62. The van der Waals surface area contributed by atoms with E-state index >= 15 is 0 Å². The number of amides is 1. The molecule has 3 nitrogen and oxygen atoms in total. The van der Waals surface area contributed by atoms with E-state index in [0.29, 0.717) is 0 Å². The van der Waals surface area contributed by atoms with Gasteiger partial charge in [0.05, 0.1) is 0 Å². The molecule has 0 aliphatic rings. The van der Waals surface area contributed by atoms with Crippen LogP contribution in [0.25, 0.3) is 0 Å². The summed E-state index contributed by atoms with van der Waals surface area (Å²) in [7, 11) is 0. The molecule has 2 rings (SSSR count). The van der Waals surface area contributed by atoms with Crippen LogP contribution in [-0.4, -0.2) is 10.9 Å². The summed E-state index contributed by atoms with van der Waals surface area (Å²) in [4.78, 5) is 16.1. The minimum atomic E-state index is -0.0502. The number of pyridine rings is 1. The molecule has 18 heavy (non-hydrogen) atoms. The minimum absolute atomic E-state index is 0.0502. The second-order valence-electron chi connectivity index (χ2n) is 3.86. The zero-order chi connectivity index (χ0) is 12.8. The first-order valence-electron chi connectivity index (χ1n) is 5.63. The molecule has 1 aromatic heterocycles. The van der Waals surface area contributed by atoms with E-state index in [1.54, 1.807) is 18.0 Å². The molecule has 0 spiro atoms. The fraction of sp³-hybridized carbons (Fsp3) is 0.143. The van der Waals surface area contributed by atoms with Gasteiger partial charge in [0.25, 0.3) is 0 Å². The number of nitrogens with one attached hydrogen (secondary N) is 1. The second-order valence-corrected chi connectivity index (χ2v) is 4.90.